The number of aromatic carboxylic acids is 1. The highest BCUT2D eigenvalue weighted by atomic mass is 35.5. The van der Waals surface area contributed by atoms with Crippen LogP contribution in [0.25, 0.3) is 0 Å². The maximum Gasteiger partial charge on any atom is 0.354 e. The topological polar surface area (TPSA) is 64.4 Å². The summed E-state index contributed by atoms with van der Waals surface area (Å²) in [5.74, 6) is -0.376. The zero-order valence-corrected chi connectivity index (χ0v) is 11.1. The molecule has 0 spiro atoms. The first-order valence-electron chi connectivity index (χ1n) is 5.78. The Kier molecular flexibility index (Phi) is 4.06. The molecule has 0 amide bonds. The van der Waals surface area contributed by atoms with Crippen molar-refractivity contribution in [2.24, 2.45) is 0 Å². The van der Waals surface area contributed by atoms with Gasteiger partial charge in [-0.2, -0.15) is 5.10 Å². The minimum Gasteiger partial charge on any atom is -0.487 e. The van der Waals surface area contributed by atoms with Crippen LogP contribution in [0.4, 0.5) is 0 Å². The summed E-state index contributed by atoms with van der Waals surface area (Å²) in [4.78, 5) is 11.0. The lowest BCUT2D eigenvalue weighted by Crippen LogP contribution is -2.08. The van der Waals surface area contributed by atoms with Crippen LogP contribution < -0.4 is 4.74 Å². The quantitative estimate of drug-likeness (QED) is 0.915. The van der Waals surface area contributed by atoms with E-state index in [0.29, 0.717) is 23.0 Å². The second-order valence-corrected chi connectivity index (χ2v) is 4.32. The van der Waals surface area contributed by atoms with E-state index < -0.39 is 5.97 Å². The molecular formula is C13H13ClN2O3. The minimum atomic E-state index is -0.997. The van der Waals surface area contributed by atoms with Crippen molar-refractivity contribution in [3.8, 4) is 5.75 Å². The van der Waals surface area contributed by atoms with Gasteiger partial charge < -0.3 is 9.84 Å². The number of halogens is 1. The number of hydrogen-bond donors (Lipinski definition) is 1. The van der Waals surface area contributed by atoms with Crippen molar-refractivity contribution in [2.45, 2.75) is 20.1 Å². The largest absolute Gasteiger partial charge is 0.487 e. The van der Waals surface area contributed by atoms with Gasteiger partial charge in [-0.1, -0.05) is 17.7 Å². The molecule has 2 rings (SSSR count). The second-order valence-electron chi connectivity index (χ2n) is 3.89. The molecule has 1 N–H and O–H groups in total. The SMILES string of the molecule is CCn1nc(COc2cccc(Cl)c2)cc1C(=O)O. The van der Waals surface area contributed by atoms with E-state index in [1.54, 1.807) is 24.3 Å². The summed E-state index contributed by atoms with van der Waals surface area (Å²) < 4.78 is 6.94. The Labute approximate surface area is 115 Å². The molecule has 1 aromatic heterocycles. The highest BCUT2D eigenvalue weighted by molar-refractivity contribution is 6.30. The van der Waals surface area contributed by atoms with Gasteiger partial charge in [0.15, 0.2) is 0 Å². The molecule has 100 valence electrons. The molecule has 19 heavy (non-hydrogen) atoms. The molecule has 0 saturated heterocycles. The van der Waals surface area contributed by atoms with Crippen molar-refractivity contribution in [2.75, 3.05) is 0 Å². The first kappa shape index (κ1) is 13.4. The van der Waals surface area contributed by atoms with E-state index in [-0.39, 0.29) is 12.3 Å². The first-order chi connectivity index (χ1) is 9.10. The Hall–Kier alpha value is -2.01. The average Bonchev–Trinajstić information content (AvgIpc) is 2.80. The minimum absolute atomic E-state index is 0.159. The smallest absolute Gasteiger partial charge is 0.354 e. The third-order valence-corrected chi connectivity index (χ3v) is 2.77. The lowest BCUT2D eigenvalue weighted by Gasteiger charge is -2.03. The predicted octanol–water partition coefficient (Wildman–Crippen LogP) is 2.83. The van der Waals surface area contributed by atoms with Crippen molar-refractivity contribution in [3.05, 3.63) is 46.7 Å². The molecule has 6 heteroatoms. The first-order valence-corrected chi connectivity index (χ1v) is 6.16. The number of nitrogens with zero attached hydrogens (tertiary/aromatic N) is 2. The van der Waals surface area contributed by atoms with Crippen LogP contribution in [0.5, 0.6) is 5.75 Å². The number of carboxylic acid groups (broad SMARTS) is 1. The van der Waals surface area contributed by atoms with E-state index in [1.807, 2.05) is 6.92 Å². The van der Waals surface area contributed by atoms with Gasteiger partial charge in [0, 0.05) is 11.6 Å². The average molecular weight is 281 g/mol. The number of aryl methyl sites for hydroxylation is 1. The van der Waals surface area contributed by atoms with E-state index >= 15 is 0 Å². The van der Waals surface area contributed by atoms with Gasteiger partial charge in [0.2, 0.25) is 0 Å². The molecule has 0 aliphatic rings. The van der Waals surface area contributed by atoms with Crippen LogP contribution in [0.2, 0.25) is 5.02 Å². The van der Waals surface area contributed by atoms with Gasteiger partial charge in [-0.15, -0.1) is 0 Å². The number of aromatic nitrogens is 2. The van der Waals surface area contributed by atoms with Crippen LogP contribution in [0.3, 0.4) is 0 Å². The fourth-order valence-corrected chi connectivity index (χ4v) is 1.85. The molecule has 0 atom stereocenters. The van der Waals surface area contributed by atoms with Crippen molar-refractivity contribution >= 4 is 17.6 Å². The van der Waals surface area contributed by atoms with Gasteiger partial charge in [0.25, 0.3) is 0 Å². The van der Waals surface area contributed by atoms with Crippen molar-refractivity contribution < 1.29 is 14.6 Å². The molecule has 0 aliphatic heterocycles. The van der Waals surface area contributed by atoms with Crippen molar-refractivity contribution in [3.63, 3.8) is 0 Å². The molecule has 2 aromatic rings. The molecule has 0 unspecified atom stereocenters. The van der Waals surface area contributed by atoms with E-state index in [4.69, 9.17) is 21.4 Å². The van der Waals surface area contributed by atoms with Crippen LogP contribution in [0.15, 0.2) is 30.3 Å². The van der Waals surface area contributed by atoms with E-state index in [0.717, 1.165) is 0 Å². The zero-order chi connectivity index (χ0) is 13.8. The van der Waals surface area contributed by atoms with Crippen LogP contribution in [-0.2, 0) is 13.2 Å². The van der Waals surface area contributed by atoms with Gasteiger partial charge in [0.1, 0.15) is 23.7 Å². The fraction of sp³-hybridized carbons (Fsp3) is 0.231. The van der Waals surface area contributed by atoms with Crippen molar-refractivity contribution in [1.82, 2.24) is 9.78 Å². The van der Waals surface area contributed by atoms with Gasteiger partial charge in [-0.3, -0.25) is 4.68 Å². The van der Waals surface area contributed by atoms with Crippen molar-refractivity contribution in [1.29, 1.82) is 0 Å². The second kappa shape index (κ2) is 5.75. The van der Waals surface area contributed by atoms with Crippen LogP contribution in [0, 0.1) is 0 Å². The maximum atomic E-state index is 11.0. The van der Waals surface area contributed by atoms with Crippen LogP contribution in [-0.4, -0.2) is 20.9 Å². The Morgan fingerprint density at radius 2 is 2.26 bits per heavy atom. The molecule has 0 aliphatic carbocycles. The summed E-state index contributed by atoms with van der Waals surface area (Å²) >= 11 is 5.84. The molecule has 0 fully saturated rings. The molecule has 0 bridgehead atoms. The highest BCUT2D eigenvalue weighted by Crippen LogP contribution is 2.18. The fourth-order valence-electron chi connectivity index (χ4n) is 1.67. The standard InChI is InChI=1S/C13H13ClN2O3/c1-2-16-12(13(17)18)7-10(15-16)8-19-11-5-3-4-9(14)6-11/h3-7H,2,8H2,1H3,(H,17,18). The van der Waals surface area contributed by atoms with Gasteiger partial charge in [0.05, 0.1) is 0 Å². The number of benzene rings is 1. The number of rotatable bonds is 5. The van der Waals surface area contributed by atoms with Crippen LogP contribution >= 0.6 is 11.6 Å². The van der Waals surface area contributed by atoms with Gasteiger partial charge in [-0.25, -0.2) is 4.79 Å². The van der Waals surface area contributed by atoms with Gasteiger partial charge >= 0.3 is 5.97 Å². The molecule has 5 nitrogen and oxygen atoms in total. The number of ether oxygens (including phenoxy) is 1. The Balaban J connectivity index is 2.09. The highest BCUT2D eigenvalue weighted by Gasteiger charge is 2.13. The Morgan fingerprint density at radius 3 is 2.84 bits per heavy atom. The number of hydrogen-bond acceptors (Lipinski definition) is 3. The predicted molar refractivity (Wildman–Crippen MR) is 70.6 cm³/mol. The summed E-state index contributed by atoms with van der Waals surface area (Å²) in [6.07, 6.45) is 0. The zero-order valence-electron chi connectivity index (χ0n) is 10.3. The van der Waals surface area contributed by atoms with E-state index in [2.05, 4.69) is 5.10 Å². The molecule has 0 radical (unpaired) electrons. The third kappa shape index (κ3) is 3.26. The number of carboxylic acids is 1. The summed E-state index contributed by atoms with van der Waals surface area (Å²) in [6, 6.07) is 8.52. The Bertz CT molecular complexity index is 595. The lowest BCUT2D eigenvalue weighted by atomic mass is 10.3. The maximum absolute atomic E-state index is 11.0. The molecule has 0 saturated carbocycles. The summed E-state index contributed by atoms with van der Waals surface area (Å²) in [5.41, 5.74) is 0.728. The molecule has 1 aromatic carbocycles. The van der Waals surface area contributed by atoms with Gasteiger partial charge in [-0.05, 0) is 31.2 Å². The third-order valence-electron chi connectivity index (χ3n) is 2.53. The normalized spacial score (nSPS) is 10.4. The monoisotopic (exact) mass is 280 g/mol. The molecular weight excluding hydrogens is 268 g/mol. The van der Waals surface area contributed by atoms with E-state index in [1.165, 1.54) is 10.7 Å². The van der Waals surface area contributed by atoms with Crippen LogP contribution in [0.1, 0.15) is 23.1 Å². The summed E-state index contributed by atoms with van der Waals surface area (Å²) in [7, 11) is 0. The summed E-state index contributed by atoms with van der Waals surface area (Å²) in [5, 5.41) is 13.8. The molecule has 1 heterocycles. The lowest BCUT2D eigenvalue weighted by molar-refractivity contribution is 0.0683. The number of carbonyl (C=O) groups is 1. The Morgan fingerprint density at radius 1 is 1.47 bits per heavy atom. The van der Waals surface area contributed by atoms with E-state index in [9.17, 15) is 4.79 Å². The summed E-state index contributed by atoms with van der Waals surface area (Å²) in [6.45, 7) is 2.54.